The van der Waals surface area contributed by atoms with Crippen LogP contribution in [0.4, 0.5) is 0 Å². The maximum atomic E-state index is 5.69. The fourth-order valence-electron chi connectivity index (χ4n) is 3.03. The summed E-state index contributed by atoms with van der Waals surface area (Å²) in [6, 6.07) is 0. The van der Waals surface area contributed by atoms with Crippen LogP contribution in [0.15, 0.2) is 0 Å². The Kier molecular flexibility index (Phi) is 2.39. The maximum absolute atomic E-state index is 5.69. The van der Waals surface area contributed by atoms with Crippen LogP contribution in [0.3, 0.4) is 0 Å². The Morgan fingerprint density at radius 3 is 2.62 bits per heavy atom. The Morgan fingerprint density at radius 2 is 2.00 bits per heavy atom. The minimum atomic E-state index is 0.621. The summed E-state index contributed by atoms with van der Waals surface area (Å²) in [4.78, 5) is 0. The predicted octanol–water partition coefficient (Wildman–Crippen LogP) is 3.09. The van der Waals surface area contributed by atoms with Crippen molar-refractivity contribution >= 4 is 0 Å². The second kappa shape index (κ2) is 3.27. The van der Waals surface area contributed by atoms with E-state index in [9.17, 15) is 0 Å². The highest BCUT2D eigenvalue weighted by atomic mass is 16.6. The minimum Gasteiger partial charge on any atom is -0.369 e. The predicted molar refractivity (Wildman–Crippen MR) is 54.6 cm³/mol. The van der Waals surface area contributed by atoms with Crippen LogP contribution in [-0.2, 0) is 4.74 Å². The summed E-state index contributed by atoms with van der Waals surface area (Å²) < 4.78 is 5.69. The molecule has 0 aromatic rings. The molecule has 2 fully saturated rings. The topological polar surface area (TPSA) is 12.5 Å². The molecule has 0 radical (unpaired) electrons. The van der Waals surface area contributed by atoms with Crippen molar-refractivity contribution in [3.63, 3.8) is 0 Å². The van der Waals surface area contributed by atoms with Crippen LogP contribution in [0.25, 0.3) is 0 Å². The standard InChI is InChI=1S/C12H22O/c1-5-7(2)10-6-11-12(13-11)9(4)8(10)3/h7-12H,5-6H2,1-4H3. The fourth-order valence-corrected chi connectivity index (χ4v) is 3.03. The molecule has 2 aliphatic rings. The molecule has 76 valence electrons. The van der Waals surface area contributed by atoms with Gasteiger partial charge < -0.3 is 4.74 Å². The van der Waals surface area contributed by atoms with Gasteiger partial charge in [-0.25, -0.2) is 0 Å². The van der Waals surface area contributed by atoms with Crippen LogP contribution in [0, 0.1) is 23.7 Å². The highest BCUT2D eigenvalue weighted by molar-refractivity contribution is 4.99. The average molecular weight is 182 g/mol. The van der Waals surface area contributed by atoms with Crippen molar-refractivity contribution in [2.45, 2.75) is 52.7 Å². The third kappa shape index (κ3) is 1.52. The van der Waals surface area contributed by atoms with Gasteiger partial charge in [-0.2, -0.15) is 0 Å². The second-order valence-electron chi connectivity index (χ2n) is 5.14. The van der Waals surface area contributed by atoms with E-state index in [2.05, 4.69) is 27.7 Å². The van der Waals surface area contributed by atoms with Crippen molar-refractivity contribution in [2.24, 2.45) is 23.7 Å². The molecule has 2 rings (SSSR count). The van der Waals surface area contributed by atoms with Crippen LogP contribution in [-0.4, -0.2) is 12.2 Å². The first-order valence-corrected chi connectivity index (χ1v) is 5.80. The number of hydrogen-bond donors (Lipinski definition) is 0. The molecular formula is C12H22O. The third-order valence-corrected chi connectivity index (χ3v) is 4.52. The Bertz CT molecular complexity index is 190. The summed E-state index contributed by atoms with van der Waals surface area (Å²) in [6.07, 6.45) is 3.89. The van der Waals surface area contributed by atoms with Gasteiger partial charge in [0.2, 0.25) is 0 Å². The van der Waals surface area contributed by atoms with Crippen molar-refractivity contribution in [3.05, 3.63) is 0 Å². The summed E-state index contributed by atoms with van der Waals surface area (Å²) in [5, 5.41) is 0. The van der Waals surface area contributed by atoms with Gasteiger partial charge in [0.15, 0.2) is 0 Å². The van der Waals surface area contributed by atoms with Crippen molar-refractivity contribution < 1.29 is 4.74 Å². The lowest BCUT2D eigenvalue weighted by atomic mass is 9.68. The monoisotopic (exact) mass is 182 g/mol. The van der Waals surface area contributed by atoms with Gasteiger partial charge in [-0.3, -0.25) is 0 Å². The Hall–Kier alpha value is -0.0400. The highest BCUT2D eigenvalue weighted by Crippen LogP contribution is 2.49. The molecule has 1 nitrogen and oxygen atoms in total. The summed E-state index contributed by atoms with van der Waals surface area (Å²) in [6.45, 7) is 9.49. The molecule has 0 spiro atoms. The molecule has 6 atom stereocenters. The van der Waals surface area contributed by atoms with E-state index in [1.54, 1.807) is 0 Å². The first-order chi connectivity index (χ1) is 6.15. The molecule has 0 amide bonds. The Morgan fingerprint density at radius 1 is 1.31 bits per heavy atom. The number of rotatable bonds is 2. The van der Waals surface area contributed by atoms with E-state index < -0.39 is 0 Å². The van der Waals surface area contributed by atoms with E-state index >= 15 is 0 Å². The molecule has 6 unspecified atom stereocenters. The first-order valence-electron chi connectivity index (χ1n) is 5.80. The van der Waals surface area contributed by atoms with E-state index in [0.29, 0.717) is 12.2 Å². The lowest BCUT2D eigenvalue weighted by molar-refractivity contribution is 0.150. The van der Waals surface area contributed by atoms with Gasteiger partial charge in [-0.05, 0) is 30.1 Å². The van der Waals surface area contributed by atoms with Crippen molar-refractivity contribution in [1.29, 1.82) is 0 Å². The zero-order valence-electron chi connectivity index (χ0n) is 9.29. The largest absolute Gasteiger partial charge is 0.369 e. The van der Waals surface area contributed by atoms with E-state index in [4.69, 9.17) is 4.74 Å². The second-order valence-corrected chi connectivity index (χ2v) is 5.14. The molecule has 0 N–H and O–H groups in total. The molecule has 1 aliphatic carbocycles. The van der Waals surface area contributed by atoms with E-state index in [1.165, 1.54) is 12.8 Å². The molecule has 0 bridgehead atoms. The quantitative estimate of drug-likeness (QED) is 0.598. The van der Waals surface area contributed by atoms with E-state index in [1.807, 2.05) is 0 Å². The smallest absolute Gasteiger partial charge is 0.0870 e. The molecule has 0 aromatic carbocycles. The van der Waals surface area contributed by atoms with Gasteiger partial charge in [-0.1, -0.05) is 34.1 Å². The zero-order valence-corrected chi connectivity index (χ0v) is 9.29. The van der Waals surface area contributed by atoms with Gasteiger partial charge in [-0.15, -0.1) is 0 Å². The number of ether oxygens (including phenoxy) is 1. The number of fused-ring (bicyclic) bond motifs is 1. The number of epoxide rings is 1. The molecule has 1 saturated heterocycles. The van der Waals surface area contributed by atoms with Gasteiger partial charge in [0.1, 0.15) is 0 Å². The SMILES string of the molecule is CCC(C)C1CC2OC2C(C)C1C. The summed E-state index contributed by atoms with van der Waals surface area (Å²) in [5.41, 5.74) is 0. The van der Waals surface area contributed by atoms with Gasteiger partial charge in [0, 0.05) is 0 Å². The lowest BCUT2D eigenvalue weighted by Crippen LogP contribution is -2.33. The lowest BCUT2D eigenvalue weighted by Gasteiger charge is -2.35. The molecule has 1 heteroatoms. The van der Waals surface area contributed by atoms with Crippen molar-refractivity contribution in [2.75, 3.05) is 0 Å². The van der Waals surface area contributed by atoms with Gasteiger partial charge >= 0.3 is 0 Å². The fraction of sp³-hybridized carbons (Fsp3) is 1.00. The molecule has 1 saturated carbocycles. The van der Waals surface area contributed by atoms with E-state index in [-0.39, 0.29) is 0 Å². The van der Waals surface area contributed by atoms with Crippen molar-refractivity contribution in [1.82, 2.24) is 0 Å². The van der Waals surface area contributed by atoms with Crippen molar-refractivity contribution in [3.8, 4) is 0 Å². The molecular weight excluding hydrogens is 160 g/mol. The van der Waals surface area contributed by atoms with Crippen LogP contribution in [0.2, 0.25) is 0 Å². The third-order valence-electron chi connectivity index (χ3n) is 4.52. The van der Waals surface area contributed by atoms with Gasteiger partial charge in [0.25, 0.3) is 0 Å². The maximum Gasteiger partial charge on any atom is 0.0870 e. The Balaban J connectivity index is 2.02. The molecule has 1 aliphatic heterocycles. The van der Waals surface area contributed by atoms with Crippen LogP contribution >= 0.6 is 0 Å². The summed E-state index contributed by atoms with van der Waals surface area (Å²) in [7, 11) is 0. The van der Waals surface area contributed by atoms with E-state index in [0.717, 1.165) is 23.7 Å². The van der Waals surface area contributed by atoms with Crippen LogP contribution in [0.5, 0.6) is 0 Å². The highest BCUT2D eigenvalue weighted by Gasteiger charge is 2.52. The number of hydrogen-bond acceptors (Lipinski definition) is 1. The average Bonchev–Trinajstić information content (AvgIpc) is 2.89. The molecule has 13 heavy (non-hydrogen) atoms. The normalized spacial score (nSPS) is 51.2. The van der Waals surface area contributed by atoms with Gasteiger partial charge in [0.05, 0.1) is 12.2 Å². The zero-order chi connectivity index (χ0) is 9.59. The summed E-state index contributed by atoms with van der Waals surface area (Å²) >= 11 is 0. The van der Waals surface area contributed by atoms with Crippen LogP contribution < -0.4 is 0 Å². The molecule has 1 heterocycles. The Labute approximate surface area is 81.9 Å². The summed E-state index contributed by atoms with van der Waals surface area (Å²) in [5.74, 6) is 3.43. The molecule has 0 aromatic heterocycles. The first kappa shape index (κ1) is 9.51. The van der Waals surface area contributed by atoms with Crippen LogP contribution in [0.1, 0.15) is 40.5 Å². The minimum absolute atomic E-state index is 0.621.